The van der Waals surface area contributed by atoms with Crippen LogP contribution >= 0.6 is 23.6 Å². The minimum atomic E-state index is -0.898. The Morgan fingerprint density at radius 3 is 2.86 bits per heavy atom. The van der Waals surface area contributed by atoms with Gasteiger partial charge >= 0.3 is 6.03 Å². The van der Waals surface area contributed by atoms with Gasteiger partial charge in [0.25, 0.3) is 11.8 Å². The molecule has 1 saturated heterocycles. The van der Waals surface area contributed by atoms with Crippen molar-refractivity contribution in [1.82, 2.24) is 30.5 Å². The maximum atomic E-state index is 12.8. The molecular formula is C17H20N6O3S2. The average Bonchev–Trinajstić information content (AvgIpc) is 3.36. The number of urea groups is 1. The molecule has 4 amide bonds. The van der Waals surface area contributed by atoms with E-state index in [4.69, 9.17) is 12.2 Å². The highest BCUT2D eigenvalue weighted by atomic mass is 32.1. The SMILES string of the molecule is CC1CCC2(CC1)NC(=O)N(NC(=O)Cn1c(-c3cccs3)n[nH]c1=S)C2=O. The molecule has 1 saturated carbocycles. The summed E-state index contributed by atoms with van der Waals surface area (Å²) in [6, 6.07) is 3.15. The number of hydrogen-bond acceptors (Lipinski definition) is 6. The molecule has 1 aliphatic heterocycles. The maximum Gasteiger partial charge on any atom is 0.344 e. The Balaban J connectivity index is 1.48. The van der Waals surface area contributed by atoms with Gasteiger partial charge in [0.1, 0.15) is 12.1 Å². The number of rotatable bonds is 4. The van der Waals surface area contributed by atoms with Gasteiger partial charge in [-0.2, -0.15) is 10.1 Å². The Labute approximate surface area is 170 Å². The second kappa shape index (κ2) is 7.13. The zero-order valence-electron chi connectivity index (χ0n) is 15.2. The van der Waals surface area contributed by atoms with Crippen LogP contribution in [0.4, 0.5) is 4.79 Å². The molecule has 2 aliphatic rings. The van der Waals surface area contributed by atoms with E-state index in [1.165, 1.54) is 15.9 Å². The quantitative estimate of drug-likeness (QED) is 0.519. The third-order valence-corrected chi connectivity index (χ3v) is 6.51. The second-order valence-corrected chi connectivity index (χ2v) is 8.62. The molecule has 2 fully saturated rings. The zero-order chi connectivity index (χ0) is 19.9. The topological polar surface area (TPSA) is 112 Å². The molecule has 9 nitrogen and oxygen atoms in total. The normalized spacial score (nSPS) is 24.6. The molecule has 1 aliphatic carbocycles. The summed E-state index contributed by atoms with van der Waals surface area (Å²) in [5, 5.41) is 12.3. The number of nitrogens with zero attached hydrogens (tertiary/aromatic N) is 3. The second-order valence-electron chi connectivity index (χ2n) is 7.29. The monoisotopic (exact) mass is 420 g/mol. The number of carbonyl (C=O) groups is 3. The van der Waals surface area contributed by atoms with Crippen molar-refractivity contribution in [1.29, 1.82) is 0 Å². The summed E-state index contributed by atoms with van der Waals surface area (Å²) in [6.45, 7) is 1.97. The Morgan fingerprint density at radius 2 is 2.18 bits per heavy atom. The summed E-state index contributed by atoms with van der Waals surface area (Å²) in [5.74, 6) is 0.134. The van der Waals surface area contributed by atoms with E-state index in [9.17, 15) is 14.4 Å². The Kier molecular flexibility index (Phi) is 4.79. The van der Waals surface area contributed by atoms with Crippen LogP contribution in [0.3, 0.4) is 0 Å². The van der Waals surface area contributed by atoms with Crippen molar-refractivity contribution in [2.24, 2.45) is 5.92 Å². The van der Waals surface area contributed by atoms with Crippen LogP contribution in [0.25, 0.3) is 10.7 Å². The van der Waals surface area contributed by atoms with Crippen molar-refractivity contribution in [2.45, 2.75) is 44.7 Å². The first-order valence-corrected chi connectivity index (χ1v) is 10.3. The van der Waals surface area contributed by atoms with Gasteiger partial charge in [-0.05, 0) is 55.3 Å². The van der Waals surface area contributed by atoms with Crippen LogP contribution in [0.1, 0.15) is 32.6 Å². The van der Waals surface area contributed by atoms with Gasteiger partial charge in [0.2, 0.25) is 0 Å². The number of hydrogen-bond donors (Lipinski definition) is 3. The Bertz CT molecular complexity index is 971. The van der Waals surface area contributed by atoms with Gasteiger partial charge in [0.05, 0.1) is 4.88 Å². The van der Waals surface area contributed by atoms with E-state index in [1.807, 2.05) is 17.5 Å². The van der Waals surface area contributed by atoms with Crippen LogP contribution < -0.4 is 10.7 Å². The van der Waals surface area contributed by atoms with Gasteiger partial charge in [-0.3, -0.25) is 24.7 Å². The number of amides is 4. The summed E-state index contributed by atoms with van der Waals surface area (Å²) in [7, 11) is 0. The molecule has 1 spiro atoms. The number of imide groups is 1. The maximum absolute atomic E-state index is 12.8. The molecule has 148 valence electrons. The lowest BCUT2D eigenvalue weighted by Gasteiger charge is -2.33. The molecule has 0 bridgehead atoms. The van der Waals surface area contributed by atoms with Gasteiger partial charge in [-0.25, -0.2) is 4.79 Å². The van der Waals surface area contributed by atoms with E-state index in [0.717, 1.165) is 22.7 Å². The number of hydrazine groups is 1. The number of aromatic nitrogens is 3. The largest absolute Gasteiger partial charge is 0.344 e. The van der Waals surface area contributed by atoms with E-state index in [1.54, 1.807) is 0 Å². The first-order chi connectivity index (χ1) is 13.4. The molecular weight excluding hydrogens is 400 g/mol. The van der Waals surface area contributed by atoms with Crippen LogP contribution in [-0.4, -0.2) is 43.2 Å². The van der Waals surface area contributed by atoms with Crippen LogP contribution in [-0.2, 0) is 16.1 Å². The summed E-state index contributed by atoms with van der Waals surface area (Å²) in [4.78, 5) is 38.6. The molecule has 0 aromatic carbocycles. The fraction of sp³-hybridized carbons (Fsp3) is 0.471. The lowest BCUT2D eigenvalue weighted by molar-refractivity contribution is -0.140. The first-order valence-electron chi connectivity index (χ1n) is 9.05. The summed E-state index contributed by atoms with van der Waals surface area (Å²) in [6.07, 6.45) is 2.89. The van der Waals surface area contributed by atoms with E-state index in [0.29, 0.717) is 24.6 Å². The summed E-state index contributed by atoms with van der Waals surface area (Å²) in [5.41, 5.74) is 1.53. The van der Waals surface area contributed by atoms with Gasteiger partial charge in [0, 0.05) is 0 Å². The number of H-pyrrole nitrogens is 1. The molecule has 28 heavy (non-hydrogen) atoms. The van der Waals surface area contributed by atoms with Gasteiger partial charge in [0.15, 0.2) is 10.6 Å². The minimum Gasteiger partial charge on any atom is -0.322 e. The zero-order valence-corrected chi connectivity index (χ0v) is 16.9. The highest BCUT2D eigenvalue weighted by Gasteiger charge is 2.52. The van der Waals surface area contributed by atoms with E-state index >= 15 is 0 Å². The molecule has 4 rings (SSSR count). The van der Waals surface area contributed by atoms with Gasteiger partial charge in [-0.1, -0.05) is 13.0 Å². The predicted octanol–water partition coefficient (Wildman–Crippen LogP) is 2.20. The highest BCUT2D eigenvalue weighted by molar-refractivity contribution is 7.71. The van der Waals surface area contributed by atoms with Crippen molar-refractivity contribution in [2.75, 3.05) is 0 Å². The molecule has 3 heterocycles. The summed E-state index contributed by atoms with van der Waals surface area (Å²) < 4.78 is 1.82. The molecule has 0 radical (unpaired) electrons. The third-order valence-electron chi connectivity index (χ3n) is 5.33. The Morgan fingerprint density at radius 1 is 1.43 bits per heavy atom. The molecule has 2 aromatic rings. The molecule has 0 unspecified atom stereocenters. The average molecular weight is 421 g/mol. The fourth-order valence-electron chi connectivity index (χ4n) is 3.68. The Hall–Kier alpha value is -2.53. The highest BCUT2D eigenvalue weighted by Crippen LogP contribution is 2.35. The van der Waals surface area contributed by atoms with Crippen molar-refractivity contribution in [3.05, 3.63) is 22.3 Å². The first kappa shape index (κ1) is 18.8. The summed E-state index contributed by atoms with van der Waals surface area (Å²) >= 11 is 6.68. The van der Waals surface area contributed by atoms with Gasteiger partial charge in [-0.15, -0.1) is 11.3 Å². The van der Waals surface area contributed by atoms with Gasteiger partial charge < -0.3 is 5.32 Å². The van der Waals surface area contributed by atoms with Crippen molar-refractivity contribution in [3.63, 3.8) is 0 Å². The molecule has 11 heteroatoms. The fourth-order valence-corrected chi connectivity index (χ4v) is 4.60. The van der Waals surface area contributed by atoms with Crippen LogP contribution in [0.5, 0.6) is 0 Å². The molecule has 3 N–H and O–H groups in total. The molecule has 0 atom stereocenters. The van der Waals surface area contributed by atoms with Crippen molar-refractivity contribution < 1.29 is 14.4 Å². The number of carbonyl (C=O) groups excluding carboxylic acids is 3. The van der Waals surface area contributed by atoms with E-state index in [2.05, 4.69) is 27.9 Å². The lowest BCUT2D eigenvalue weighted by atomic mass is 9.77. The van der Waals surface area contributed by atoms with Crippen LogP contribution in [0.2, 0.25) is 0 Å². The number of nitrogens with one attached hydrogen (secondary N) is 3. The number of aromatic amines is 1. The lowest BCUT2D eigenvalue weighted by Crippen LogP contribution is -2.52. The predicted molar refractivity (Wildman–Crippen MR) is 105 cm³/mol. The van der Waals surface area contributed by atoms with E-state index < -0.39 is 23.4 Å². The van der Waals surface area contributed by atoms with Crippen LogP contribution in [0, 0.1) is 10.7 Å². The molecule has 2 aromatic heterocycles. The minimum absolute atomic E-state index is 0.163. The number of thiophene rings is 1. The van der Waals surface area contributed by atoms with Crippen molar-refractivity contribution >= 4 is 41.4 Å². The smallest absolute Gasteiger partial charge is 0.322 e. The van der Waals surface area contributed by atoms with Crippen LogP contribution in [0.15, 0.2) is 17.5 Å². The van der Waals surface area contributed by atoms with Crippen molar-refractivity contribution in [3.8, 4) is 10.7 Å². The standard InChI is InChI=1S/C17H20N6O3S2/c1-10-4-6-17(7-5-10)14(25)23(15(26)18-17)21-12(24)9-22-13(19-20-16(22)27)11-3-2-8-28-11/h2-3,8,10H,4-7,9H2,1H3,(H,18,26)(H,20,27)(H,21,24). The third kappa shape index (κ3) is 3.24. The van der Waals surface area contributed by atoms with E-state index in [-0.39, 0.29) is 11.3 Å².